The maximum atomic E-state index is 10.9. The van der Waals surface area contributed by atoms with E-state index in [9.17, 15) is 9.59 Å². The lowest BCUT2D eigenvalue weighted by atomic mass is 10.1. The van der Waals surface area contributed by atoms with Gasteiger partial charge < -0.3 is 15.4 Å². The van der Waals surface area contributed by atoms with Crippen LogP contribution in [0.25, 0.3) is 0 Å². The van der Waals surface area contributed by atoms with Gasteiger partial charge in [0.1, 0.15) is 6.10 Å². The molecule has 2 rings (SSSR count). The van der Waals surface area contributed by atoms with Crippen molar-refractivity contribution in [1.29, 1.82) is 0 Å². The first-order valence-corrected chi connectivity index (χ1v) is 3.46. The van der Waals surface area contributed by atoms with Gasteiger partial charge in [0.2, 0.25) is 0 Å². The maximum Gasteiger partial charge on any atom is 0.331 e. The Balaban J connectivity index is 2.23. The van der Waals surface area contributed by atoms with E-state index in [1.807, 2.05) is 0 Å². The number of fused-ring (bicyclic) bond motifs is 1. The minimum Gasteiger partial charge on any atom is -0.459 e. The molecule has 5 nitrogen and oxygen atoms in total. The van der Waals surface area contributed by atoms with E-state index in [4.69, 9.17) is 4.74 Å². The first-order chi connectivity index (χ1) is 5.18. The highest BCUT2D eigenvalue weighted by Crippen LogP contribution is 2.18. The quantitative estimate of drug-likeness (QED) is 0.441. The second kappa shape index (κ2) is 1.87. The van der Waals surface area contributed by atoms with Crippen LogP contribution in [-0.4, -0.2) is 30.2 Å². The largest absolute Gasteiger partial charge is 0.459 e. The molecule has 11 heavy (non-hydrogen) atoms. The van der Waals surface area contributed by atoms with Crippen LogP contribution in [0.5, 0.6) is 0 Å². The fraction of sp³-hybridized carbons (Fsp3) is 0.667. The van der Waals surface area contributed by atoms with Crippen LogP contribution >= 0.6 is 0 Å². The van der Waals surface area contributed by atoms with E-state index in [-0.39, 0.29) is 24.1 Å². The smallest absolute Gasteiger partial charge is 0.331 e. The van der Waals surface area contributed by atoms with Crippen molar-refractivity contribution < 1.29 is 14.3 Å². The summed E-state index contributed by atoms with van der Waals surface area (Å²) < 4.78 is 4.86. The summed E-state index contributed by atoms with van der Waals surface area (Å²) in [5, 5.41) is 5.07. The Hall–Kier alpha value is -1.26. The van der Waals surface area contributed by atoms with Crippen LogP contribution in [-0.2, 0) is 9.53 Å². The molecule has 2 fully saturated rings. The predicted molar refractivity (Wildman–Crippen MR) is 34.8 cm³/mol. The van der Waals surface area contributed by atoms with Crippen LogP contribution < -0.4 is 10.6 Å². The summed E-state index contributed by atoms with van der Waals surface area (Å²) in [5.74, 6) is -0.346. The van der Waals surface area contributed by atoms with Gasteiger partial charge in [-0.15, -0.1) is 0 Å². The van der Waals surface area contributed by atoms with Crippen molar-refractivity contribution in [2.45, 2.75) is 25.1 Å². The van der Waals surface area contributed by atoms with E-state index in [1.54, 1.807) is 6.92 Å². The highest BCUT2D eigenvalue weighted by molar-refractivity contribution is 5.90. The summed E-state index contributed by atoms with van der Waals surface area (Å²) in [4.78, 5) is 21.7. The molecule has 0 unspecified atom stereocenters. The van der Waals surface area contributed by atoms with Gasteiger partial charge in [0.15, 0.2) is 6.04 Å². The number of carbonyl (C=O) groups excluding carboxylic acids is 2. The SMILES string of the molecule is C[C@@H]1OC(=O)[C@H]2NC(=O)N[C@@H]12. The summed E-state index contributed by atoms with van der Waals surface area (Å²) in [7, 11) is 0. The molecule has 0 aromatic rings. The average Bonchev–Trinajstić information content (AvgIpc) is 2.38. The van der Waals surface area contributed by atoms with E-state index < -0.39 is 6.04 Å². The molecule has 5 heteroatoms. The summed E-state index contributed by atoms with van der Waals surface area (Å²) >= 11 is 0. The van der Waals surface area contributed by atoms with Gasteiger partial charge in [-0.25, -0.2) is 9.59 Å². The second-order valence-electron chi connectivity index (χ2n) is 2.76. The first-order valence-electron chi connectivity index (χ1n) is 3.46. The summed E-state index contributed by atoms with van der Waals surface area (Å²) in [6.45, 7) is 1.76. The van der Waals surface area contributed by atoms with E-state index >= 15 is 0 Å². The maximum absolute atomic E-state index is 10.9. The molecule has 0 aromatic carbocycles. The van der Waals surface area contributed by atoms with Gasteiger partial charge >= 0.3 is 12.0 Å². The molecule has 3 atom stereocenters. The van der Waals surface area contributed by atoms with Crippen LogP contribution in [0.3, 0.4) is 0 Å². The van der Waals surface area contributed by atoms with Crippen molar-refractivity contribution in [2.24, 2.45) is 0 Å². The molecular weight excluding hydrogens is 148 g/mol. The minimum atomic E-state index is -0.475. The molecule has 2 amide bonds. The number of esters is 1. The Kier molecular flexibility index (Phi) is 1.10. The molecule has 2 aliphatic rings. The van der Waals surface area contributed by atoms with Crippen LogP contribution in [0.2, 0.25) is 0 Å². The van der Waals surface area contributed by atoms with E-state index in [2.05, 4.69) is 10.6 Å². The number of rotatable bonds is 0. The number of hydrogen-bond acceptors (Lipinski definition) is 3. The standard InChI is InChI=1S/C6H8N2O3/c1-2-3-4(5(9)11-2)8-6(10)7-3/h2-4H,1H3,(H2,7,8,10)/t2-,3-,4-/m0/s1. The predicted octanol–water partition coefficient (Wildman–Crippen LogP) is -1.02. The van der Waals surface area contributed by atoms with E-state index in [0.29, 0.717) is 0 Å². The normalized spacial score (nSPS) is 41.0. The van der Waals surface area contributed by atoms with E-state index in [0.717, 1.165) is 0 Å². The third-order valence-corrected chi connectivity index (χ3v) is 2.01. The molecule has 0 radical (unpaired) electrons. The molecule has 0 saturated carbocycles. The Bertz CT molecular complexity index is 228. The molecule has 0 spiro atoms. The number of cyclic esters (lactones) is 1. The zero-order chi connectivity index (χ0) is 8.01. The van der Waals surface area contributed by atoms with Crippen LogP contribution in [0, 0.1) is 0 Å². The summed E-state index contributed by atoms with van der Waals surface area (Å²) in [5.41, 5.74) is 0. The molecule has 2 saturated heterocycles. The van der Waals surface area contributed by atoms with Crippen LogP contribution in [0.4, 0.5) is 4.79 Å². The van der Waals surface area contributed by atoms with Gasteiger partial charge in [-0.05, 0) is 6.92 Å². The molecule has 0 aromatic heterocycles. The summed E-state index contributed by atoms with van der Waals surface area (Å²) in [6, 6.07) is -0.948. The van der Waals surface area contributed by atoms with Gasteiger partial charge in [-0.2, -0.15) is 0 Å². The zero-order valence-electron chi connectivity index (χ0n) is 5.96. The average molecular weight is 156 g/mol. The number of carbonyl (C=O) groups is 2. The van der Waals surface area contributed by atoms with Crippen LogP contribution in [0.15, 0.2) is 0 Å². The molecule has 0 aliphatic carbocycles. The van der Waals surface area contributed by atoms with Crippen molar-refractivity contribution in [2.75, 3.05) is 0 Å². The van der Waals surface area contributed by atoms with Crippen molar-refractivity contribution >= 4 is 12.0 Å². The van der Waals surface area contributed by atoms with Gasteiger partial charge in [-0.1, -0.05) is 0 Å². The number of nitrogens with one attached hydrogen (secondary N) is 2. The Morgan fingerprint density at radius 1 is 1.36 bits per heavy atom. The lowest BCUT2D eigenvalue weighted by Gasteiger charge is -2.07. The van der Waals surface area contributed by atoms with Crippen molar-refractivity contribution in [3.8, 4) is 0 Å². The fourth-order valence-electron chi connectivity index (χ4n) is 1.43. The second-order valence-corrected chi connectivity index (χ2v) is 2.76. The number of hydrogen-bond donors (Lipinski definition) is 2. The summed E-state index contributed by atoms with van der Waals surface area (Å²) in [6.07, 6.45) is -0.216. The lowest BCUT2D eigenvalue weighted by molar-refractivity contribution is -0.142. The Labute approximate surface area is 63.1 Å². The monoisotopic (exact) mass is 156 g/mol. The molecule has 0 bridgehead atoms. The lowest BCUT2D eigenvalue weighted by Crippen LogP contribution is -2.36. The van der Waals surface area contributed by atoms with Gasteiger partial charge in [0.05, 0.1) is 6.04 Å². The molecule has 2 aliphatic heterocycles. The van der Waals surface area contributed by atoms with Gasteiger partial charge in [0.25, 0.3) is 0 Å². The first kappa shape index (κ1) is 6.45. The molecular formula is C6H8N2O3. The third kappa shape index (κ3) is 0.768. The number of urea groups is 1. The Morgan fingerprint density at radius 2 is 2.09 bits per heavy atom. The third-order valence-electron chi connectivity index (χ3n) is 2.01. The minimum absolute atomic E-state index is 0.185. The molecule has 2 heterocycles. The van der Waals surface area contributed by atoms with Gasteiger partial charge in [0, 0.05) is 0 Å². The van der Waals surface area contributed by atoms with Crippen molar-refractivity contribution in [1.82, 2.24) is 10.6 Å². The van der Waals surface area contributed by atoms with Crippen LogP contribution in [0.1, 0.15) is 6.92 Å². The molecule has 60 valence electrons. The highest BCUT2D eigenvalue weighted by Gasteiger charge is 2.48. The van der Waals surface area contributed by atoms with Crippen molar-refractivity contribution in [3.63, 3.8) is 0 Å². The molecule has 2 N–H and O–H groups in total. The highest BCUT2D eigenvalue weighted by atomic mass is 16.6. The fourth-order valence-corrected chi connectivity index (χ4v) is 1.43. The van der Waals surface area contributed by atoms with Gasteiger partial charge in [-0.3, -0.25) is 0 Å². The van der Waals surface area contributed by atoms with Crippen molar-refractivity contribution in [3.05, 3.63) is 0 Å². The number of ether oxygens (including phenoxy) is 1. The topological polar surface area (TPSA) is 67.4 Å². The zero-order valence-corrected chi connectivity index (χ0v) is 5.96. The number of amides is 2. The Morgan fingerprint density at radius 3 is 2.73 bits per heavy atom. The van der Waals surface area contributed by atoms with E-state index in [1.165, 1.54) is 0 Å².